The van der Waals surface area contributed by atoms with Gasteiger partial charge in [-0.15, -0.1) is 0 Å². The van der Waals surface area contributed by atoms with Crippen LogP contribution in [0.4, 0.5) is 0 Å². The van der Waals surface area contributed by atoms with Crippen LogP contribution in [0.2, 0.25) is 0 Å². The van der Waals surface area contributed by atoms with Crippen LogP contribution in [0.25, 0.3) is 0 Å². The summed E-state index contributed by atoms with van der Waals surface area (Å²) in [4.78, 5) is 12.0. The largest absolute Gasteiger partial charge is 0.351 e. The van der Waals surface area contributed by atoms with Gasteiger partial charge in [-0.2, -0.15) is 0 Å². The van der Waals surface area contributed by atoms with Gasteiger partial charge in [0.15, 0.2) is 0 Å². The molecule has 124 valence electrons. The third-order valence-corrected chi connectivity index (χ3v) is 5.07. The van der Waals surface area contributed by atoms with Gasteiger partial charge in [0.05, 0.1) is 6.26 Å². The molecule has 1 N–H and O–H groups in total. The van der Waals surface area contributed by atoms with Gasteiger partial charge < -0.3 is 5.32 Å². The zero-order valence-corrected chi connectivity index (χ0v) is 15.4. The summed E-state index contributed by atoms with van der Waals surface area (Å²) in [5.41, 5.74) is 0.556. The molecule has 0 aromatic heterocycles. The molecule has 0 spiro atoms. The molecule has 0 unspecified atom stereocenters. The number of amides is 1. The van der Waals surface area contributed by atoms with Gasteiger partial charge in [0, 0.05) is 29.7 Å². The minimum Gasteiger partial charge on any atom is -0.351 e. The van der Waals surface area contributed by atoms with Crippen LogP contribution in [-0.4, -0.2) is 44.5 Å². The van der Waals surface area contributed by atoms with Crippen molar-refractivity contribution in [1.29, 1.82) is 0 Å². The Morgan fingerprint density at radius 2 is 1.82 bits per heavy atom. The first-order valence-electron chi connectivity index (χ1n) is 7.33. The zero-order valence-electron chi connectivity index (χ0n) is 13.0. The number of sulfonamides is 1. The Balaban J connectivity index is 2.48. The van der Waals surface area contributed by atoms with E-state index in [1.165, 1.54) is 10.6 Å². The summed E-state index contributed by atoms with van der Waals surface area (Å²) in [7, 11) is -3.24. The minimum absolute atomic E-state index is 0.200. The van der Waals surface area contributed by atoms with Gasteiger partial charge in [0.1, 0.15) is 0 Å². The Morgan fingerprint density at radius 3 is 2.36 bits per heavy atom. The molecule has 1 aromatic rings. The van der Waals surface area contributed by atoms with E-state index in [2.05, 4.69) is 28.2 Å². The zero-order chi connectivity index (χ0) is 16.6. The molecule has 0 bridgehead atoms. The number of hydrogen-bond donors (Lipinski definition) is 1. The van der Waals surface area contributed by atoms with Crippen molar-refractivity contribution < 1.29 is 13.2 Å². The molecule has 22 heavy (non-hydrogen) atoms. The number of nitrogens with one attached hydrogen (secondary N) is 1. The molecule has 1 amide bonds. The van der Waals surface area contributed by atoms with Crippen molar-refractivity contribution in [2.75, 3.05) is 25.9 Å². The van der Waals surface area contributed by atoms with Gasteiger partial charge in [0.25, 0.3) is 5.91 Å². The molecule has 0 aliphatic heterocycles. The first-order valence-corrected chi connectivity index (χ1v) is 9.97. The van der Waals surface area contributed by atoms with Crippen LogP contribution in [-0.2, 0) is 10.0 Å². The molecule has 0 aliphatic rings. The van der Waals surface area contributed by atoms with Crippen LogP contribution < -0.4 is 5.32 Å². The summed E-state index contributed by atoms with van der Waals surface area (Å²) in [6.07, 6.45) is 4.08. The van der Waals surface area contributed by atoms with Crippen molar-refractivity contribution in [1.82, 2.24) is 9.62 Å². The summed E-state index contributed by atoms with van der Waals surface area (Å²) in [6.45, 7) is 3.17. The van der Waals surface area contributed by atoms with Gasteiger partial charge in [-0.25, -0.2) is 12.7 Å². The van der Waals surface area contributed by atoms with Gasteiger partial charge in [-0.05, 0) is 30.7 Å². The Hall–Kier alpha value is -0.920. The van der Waals surface area contributed by atoms with Crippen LogP contribution in [0.3, 0.4) is 0 Å². The number of hydrogen-bond acceptors (Lipinski definition) is 3. The number of carbonyl (C=O) groups excluding carboxylic acids is 1. The topological polar surface area (TPSA) is 66.5 Å². The second-order valence-electron chi connectivity index (χ2n) is 5.13. The lowest BCUT2D eigenvalue weighted by atomic mass is 10.2. The van der Waals surface area contributed by atoms with E-state index < -0.39 is 10.0 Å². The summed E-state index contributed by atoms with van der Waals surface area (Å²) >= 11 is 3.31. The number of unbranched alkanes of at least 4 members (excludes halogenated alkanes) is 2. The SMILES string of the molecule is CCCCCN(CCNC(=O)c1ccc(Br)cc1)S(C)(=O)=O. The summed E-state index contributed by atoms with van der Waals surface area (Å²) in [5.74, 6) is -0.200. The van der Waals surface area contributed by atoms with Crippen molar-refractivity contribution in [3.63, 3.8) is 0 Å². The van der Waals surface area contributed by atoms with E-state index in [1.807, 2.05) is 0 Å². The molecular formula is C15H23BrN2O3S. The molecule has 0 heterocycles. The average Bonchev–Trinajstić information content (AvgIpc) is 2.45. The first-order chi connectivity index (χ1) is 10.3. The van der Waals surface area contributed by atoms with Crippen LogP contribution >= 0.6 is 15.9 Å². The highest BCUT2D eigenvalue weighted by Crippen LogP contribution is 2.10. The fourth-order valence-corrected chi connectivity index (χ4v) is 3.13. The van der Waals surface area contributed by atoms with Gasteiger partial charge in [0.2, 0.25) is 10.0 Å². The van der Waals surface area contributed by atoms with E-state index >= 15 is 0 Å². The number of rotatable bonds is 9. The predicted molar refractivity (Wildman–Crippen MR) is 92.4 cm³/mol. The molecule has 1 aromatic carbocycles. The highest BCUT2D eigenvalue weighted by Gasteiger charge is 2.16. The summed E-state index contributed by atoms with van der Waals surface area (Å²) in [5, 5.41) is 2.75. The highest BCUT2D eigenvalue weighted by molar-refractivity contribution is 9.10. The van der Waals surface area contributed by atoms with Crippen molar-refractivity contribution in [2.45, 2.75) is 26.2 Å². The molecule has 0 saturated carbocycles. The standard InChI is InChI=1S/C15H23BrN2O3S/c1-3-4-5-11-18(22(2,20)21)12-10-17-15(19)13-6-8-14(16)9-7-13/h6-9H,3-5,10-12H2,1-2H3,(H,17,19). The molecule has 0 fully saturated rings. The second kappa shape index (κ2) is 9.27. The molecule has 0 atom stereocenters. The minimum atomic E-state index is -3.24. The Kier molecular flexibility index (Phi) is 8.06. The van der Waals surface area contributed by atoms with E-state index in [4.69, 9.17) is 0 Å². The van der Waals surface area contributed by atoms with Crippen LogP contribution in [0.5, 0.6) is 0 Å². The third-order valence-electron chi connectivity index (χ3n) is 3.23. The fraction of sp³-hybridized carbons (Fsp3) is 0.533. The number of nitrogens with zero attached hydrogens (tertiary/aromatic N) is 1. The average molecular weight is 391 g/mol. The first kappa shape index (κ1) is 19.1. The quantitative estimate of drug-likeness (QED) is 0.658. The summed E-state index contributed by atoms with van der Waals surface area (Å²) in [6, 6.07) is 7.02. The molecule has 0 saturated heterocycles. The maximum absolute atomic E-state index is 12.0. The second-order valence-corrected chi connectivity index (χ2v) is 8.03. The van der Waals surface area contributed by atoms with Crippen molar-refractivity contribution in [3.05, 3.63) is 34.3 Å². The maximum atomic E-state index is 12.0. The van der Waals surface area contributed by atoms with E-state index in [-0.39, 0.29) is 5.91 Å². The lowest BCUT2D eigenvalue weighted by Gasteiger charge is -2.20. The van der Waals surface area contributed by atoms with Crippen LogP contribution in [0.15, 0.2) is 28.7 Å². The van der Waals surface area contributed by atoms with Gasteiger partial charge >= 0.3 is 0 Å². The van der Waals surface area contributed by atoms with Crippen LogP contribution in [0, 0.1) is 0 Å². The third kappa shape index (κ3) is 6.89. The Labute approximate surface area is 141 Å². The van der Waals surface area contributed by atoms with Crippen LogP contribution in [0.1, 0.15) is 36.5 Å². The number of benzene rings is 1. The maximum Gasteiger partial charge on any atom is 0.251 e. The lowest BCUT2D eigenvalue weighted by molar-refractivity contribution is 0.0951. The predicted octanol–water partition coefficient (Wildman–Crippen LogP) is 2.63. The molecular weight excluding hydrogens is 368 g/mol. The molecule has 5 nitrogen and oxygen atoms in total. The Morgan fingerprint density at radius 1 is 1.18 bits per heavy atom. The number of halogens is 1. The van der Waals surface area contributed by atoms with Crippen molar-refractivity contribution in [2.24, 2.45) is 0 Å². The van der Waals surface area contributed by atoms with Gasteiger partial charge in [-0.1, -0.05) is 35.7 Å². The highest BCUT2D eigenvalue weighted by atomic mass is 79.9. The molecule has 7 heteroatoms. The van der Waals surface area contributed by atoms with Crippen molar-refractivity contribution >= 4 is 31.9 Å². The molecule has 0 radical (unpaired) electrons. The lowest BCUT2D eigenvalue weighted by Crippen LogP contribution is -2.38. The molecule has 0 aliphatic carbocycles. The molecule has 1 rings (SSSR count). The van der Waals surface area contributed by atoms with Crippen molar-refractivity contribution in [3.8, 4) is 0 Å². The van der Waals surface area contributed by atoms with E-state index in [1.54, 1.807) is 24.3 Å². The normalized spacial score (nSPS) is 11.6. The smallest absolute Gasteiger partial charge is 0.251 e. The summed E-state index contributed by atoms with van der Waals surface area (Å²) < 4.78 is 25.8. The number of carbonyl (C=O) groups is 1. The van der Waals surface area contributed by atoms with E-state index in [0.717, 1.165) is 23.7 Å². The monoisotopic (exact) mass is 390 g/mol. The van der Waals surface area contributed by atoms with E-state index in [0.29, 0.717) is 25.2 Å². The van der Waals surface area contributed by atoms with Gasteiger partial charge in [-0.3, -0.25) is 4.79 Å². The van der Waals surface area contributed by atoms with E-state index in [9.17, 15) is 13.2 Å². The fourth-order valence-electron chi connectivity index (χ4n) is 1.98. The Bertz CT molecular complexity index is 573.